The number of carbonyl (C=O) groups excluding carboxylic acids is 4. The molecule has 2 aliphatic rings. The van der Waals surface area contributed by atoms with E-state index in [1.54, 1.807) is 12.2 Å². The smallest absolute Gasteiger partial charge is 0.248 e. The summed E-state index contributed by atoms with van der Waals surface area (Å²) >= 11 is 0. The molecule has 2 aliphatic carbocycles. The molecule has 0 saturated carbocycles. The molecule has 0 unspecified atom stereocenters. The van der Waals surface area contributed by atoms with Crippen molar-refractivity contribution in [1.29, 1.82) is 0 Å². The van der Waals surface area contributed by atoms with Gasteiger partial charge in [0, 0.05) is 31.4 Å². The minimum atomic E-state index is -1.90. The van der Waals surface area contributed by atoms with Crippen molar-refractivity contribution in [1.82, 2.24) is 10.6 Å². The van der Waals surface area contributed by atoms with E-state index in [4.69, 9.17) is 0 Å². The number of aliphatic hydroxyl groups excluding tert-OH is 2. The molecule has 0 aliphatic heterocycles. The van der Waals surface area contributed by atoms with E-state index in [1.165, 1.54) is 42.5 Å². The van der Waals surface area contributed by atoms with Crippen molar-refractivity contribution in [2.24, 2.45) is 5.92 Å². The predicted octanol–water partition coefficient (Wildman–Crippen LogP) is 2.68. The average molecular weight is 523 g/mol. The van der Waals surface area contributed by atoms with E-state index in [1.807, 2.05) is 12.2 Å². The standard InChI is InChI=1S/C29H34N2O7/c1-20(2)12-8-4-3-5-9-13-26(36)30-21-19-29(38,25(35)18-24(21)34)17-11-7-6-10-14-27(37)31-28-22(32)15-16-23(28)33/h3-11,13-14,17,19-20,25,32,35,38H,12,15-16,18H2,1-2H3,(H,30,36)(H,31,37)/b5-3+,7-6+,8-4+,13-9+,14-10+,17-11+/t25-,29+/m1/s1. The molecule has 9 nitrogen and oxygen atoms in total. The van der Waals surface area contributed by atoms with E-state index in [9.17, 15) is 34.5 Å². The van der Waals surface area contributed by atoms with E-state index in [2.05, 4.69) is 24.5 Å². The lowest BCUT2D eigenvalue weighted by atomic mass is 9.85. The summed E-state index contributed by atoms with van der Waals surface area (Å²) < 4.78 is 0. The van der Waals surface area contributed by atoms with Crippen LogP contribution in [0.5, 0.6) is 0 Å². The first-order chi connectivity index (χ1) is 18.0. The Kier molecular flexibility index (Phi) is 11.6. The van der Waals surface area contributed by atoms with E-state index in [-0.39, 0.29) is 42.2 Å². The Bertz CT molecular complexity index is 1170. The average Bonchev–Trinajstić information content (AvgIpc) is 3.16. The minimum absolute atomic E-state index is 0.0949. The molecule has 0 aromatic rings. The number of nitrogens with one attached hydrogen (secondary N) is 2. The van der Waals surface area contributed by atoms with Crippen molar-refractivity contribution in [3.8, 4) is 0 Å². The lowest BCUT2D eigenvalue weighted by molar-refractivity contribution is -0.124. The molecule has 0 radical (unpaired) electrons. The highest BCUT2D eigenvalue weighted by Gasteiger charge is 2.38. The Labute approximate surface area is 222 Å². The fourth-order valence-corrected chi connectivity index (χ4v) is 3.43. The molecule has 2 atom stereocenters. The molecule has 0 bridgehead atoms. The zero-order valence-corrected chi connectivity index (χ0v) is 21.5. The van der Waals surface area contributed by atoms with E-state index < -0.39 is 29.3 Å². The fourth-order valence-electron chi connectivity index (χ4n) is 3.43. The summed E-state index contributed by atoms with van der Waals surface area (Å²) in [5.74, 6) is -1.58. The quantitative estimate of drug-likeness (QED) is 0.207. The zero-order chi connectivity index (χ0) is 28.1. The summed E-state index contributed by atoms with van der Waals surface area (Å²) in [7, 11) is 0. The highest BCUT2D eigenvalue weighted by Crippen LogP contribution is 2.25. The number of Topliss-reactive ketones (excluding diaryl/α,β-unsaturated/α-hetero) is 2. The van der Waals surface area contributed by atoms with Crippen LogP contribution in [0.15, 0.2) is 96.1 Å². The van der Waals surface area contributed by atoms with Gasteiger partial charge in [-0.25, -0.2) is 0 Å². The third-order valence-corrected chi connectivity index (χ3v) is 5.52. The van der Waals surface area contributed by atoms with Crippen molar-refractivity contribution in [3.05, 3.63) is 96.1 Å². The van der Waals surface area contributed by atoms with E-state index >= 15 is 0 Å². The van der Waals surface area contributed by atoms with Crippen molar-refractivity contribution in [2.75, 3.05) is 0 Å². The van der Waals surface area contributed by atoms with Gasteiger partial charge in [0.1, 0.15) is 17.1 Å². The van der Waals surface area contributed by atoms with Crippen LogP contribution in [0, 0.1) is 5.92 Å². The van der Waals surface area contributed by atoms with E-state index in [0.29, 0.717) is 5.92 Å². The Morgan fingerprint density at radius 1 is 0.947 bits per heavy atom. The van der Waals surface area contributed by atoms with Crippen molar-refractivity contribution in [3.63, 3.8) is 0 Å². The number of carbonyl (C=O) groups is 4. The summed E-state index contributed by atoms with van der Waals surface area (Å²) in [5.41, 5.74) is -2.13. The lowest BCUT2D eigenvalue weighted by Crippen LogP contribution is -2.46. The Morgan fingerprint density at radius 2 is 1.55 bits per heavy atom. The first kappa shape index (κ1) is 30.1. The van der Waals surface area contributed by atoms with E-state index in [0.717, 1.165) is 18.6 Å². The number of hydrogen-bond donors (Lipinski definition) is 5. The monoisotopic (exact) mass is 522 g/mol. The number of amides is 2. The zero-order valence-electron chi connectivity index (χ0n) is 21.5. The molecule has 0 spiro atoms. The van der Waals surface area contributed by atoms with Gasteiger partial charge in [0.2, 0.25) is 11.8 Å². The summed E-state index contributed by atoms with van der Waals surface area (Å²) in [6.07, 6.45) is 18.8. The maximum atomic E-state index is 12.2. The second-order valence-electron chi connectivity index (χ2n) is 9.22. The highest BCUT2D eigenvalue weighted by molar-refractivity contribution is 6.03. The highest BCUT2D eigenvalue weighted by atomic mass is 16.3. The fraction of sp³-hybridized carbons (Fsp3) is 0.310. The number of hydrogen-bond acceptors (Lipinski definition) is 7. The molecule has 0 aromatic heterocycles. The lowest BCUT2D eigenvalue weighted by Gasteiger charge is -2.31. The van der Waals surface area contributed by atoms with Gasteiger partial charge < -0.3 is 26.0 Å². The molecule has 202 valence electrons. The Morgan fingerprint density at radius 3 is 2.16 bits per heavy atom. The molecular weight excluding hydrogens is 488 g/mol. The maximum Gasteiger partial charge on any atom is 0.248 e. The van der Waals surface area contributed by atoms with Crippen LogP contribution < -0.4 is 10.6 Å². The van der Waals surface area contributed by atoms with Crippen LogP contribution >= 0.6 is 0 Å². The normalized spacial score (nSPS) is 23.0. The molecular formula is C29H34N2O7. The first-order valence-corrected chi connectivity index (χ1v) is 12.3. The SMILES string of the molecule is CC(C)C/C=C/C=C/C=C/C(=O)NC1=C[C@@](O)(/C=C/C=C/C=C/C(=O)NC2=C(O)CCC2=O)[C@H](O)CC1=O. The molecule has 0 fully saturated rings. The van der Waals surface area contributed by atoms with Crippen LogP contribution in [-0.4, -0.2) is 50.4 Å². The van der Waals surface area contributed by atoms with Crippen molar-refractivity contribution >= 4 is 23.4 Å². The number of allylic oxidation sites excluding steroid dienone is 12. The molecule has 38 heavy (non-hydrogen) atoms. The van der Waals surface area contributed by atoms with Crippen molar-refractivity contribution < 1.29 is 34.5 Å². The van der Waals surface area contributed by atoms with Gasteiger partial charge in [-0.05, 0) is 24.5 Å². The van der Waals surface area contributed by atoms with Crippen LogP contribution in [0.1, 0.15) is 39.5 Å². The van der Waals surface area contributed by atoms with Crippen LogP contribution in [0.4, 0.5) is 0 Å². The molecule has 0 heterocycles. The van der Waals surface area contributed by atoms with Crippen LogP contribution in [0.2, 0.25) is 0 Å². The van der Waals surface area contributed by atoms with Gasteiger partial charge in [0.15, 0.2) is 11.6 Å². The number of ketones is 2. The topological polar surface area (TPSA) is 153 Å². The van der Waals surface area contributed by atoms with Crippen molar-refractivity contribution in [2.45, 2.75) is 51.2 Å². The molecule has 9 heteroatoms. The number of rotatable bonds is 11. The molecule has 0 aromatic carbocycles. The van der Waals surface area contributed by atoms with Gasteiger partial charge in [-0.1, -0.05) is 68.5 Å². The summed E-state index contributed by atoms with van der Waals surface area (Å²) in [6, 6.07) is 0. The largest absolute Gasteiger partial charge is 0.510 e. The second kappa shape index (κ2) is 14.6. The predicted molar refractivity (Wildman–Crippen MR) is 143 cm³/mol. The summed E-state index contributed by atoms with van der Waals surface area (Å²) in [4.78, 5) is 47.8. The molecule has 5 N–H and O–H groups in total. The third kappa shape index (κ3) is 9.76. The van der Waals surface area contributed by atoms with Crippen LogP contribution in [-0.2, 0) is 19.2 Å². The summed E-state index contributed by atoms with van der Waals surface area (Å²) in [5, 5.41) is 35.4. The second-order valence-corrected chi connectivity index (χ2v) is 9.22. The van der Waals surface area contributed by atoms with Gasteiger partial charge >= 0.3 is 0 Å². The Balaban J connectivity index is 1.94. The minimum Gasteiger partial charge on any atom is -0.510 e. The maximum absolute atomic E-state index is 12.2. The van der Waals surface area contributed by atoms with Gasteiger partial charge in [-0.15, -0.1) is 0 Å². The van der Waals surface area contributed by atoms with Gasteiger partial charge in [-0.2, -0.15) is 0 Å². The molecule has 2 rings (SSSR count). The third-order valence-electron chi connectivity index (χ3n) is 5.52. The van der Waals surface area contributed by atoms with Crippen LogP contribution in [0.3, 0.4) is 0 Å². The molecule has 0 saturated heterocycles. The molecule has 2 amide bonds. The first-order valence-electron chi connectivity index (χ1n) is 12.3. The number of aliphatic hydroxyl groups is 3. The summed E-state index contributed by atoms with van der Waals surface area (Å²) in [6.45, 7) is 4.23. The van der Waals surface area contributed by atoms with Gasteiger partial charge in [0.25, 0.3) is 0 Å². The van der Waals surface area contributed by atoms with Gasteiger partial charge in [-0.3, -0.25) is 19.2 Å². The van der Waals surface area contributed by atoms with Crippen LogP contribution in [0.25, 0.3) is 0 Å². The van der Waals surface area contributed by atoms with Gasteiger partial charge in [0.05, 0.1) is 11.8 Å². The Hall–Kier alpha value is -4.08.